The summed E-state index contributed by atoms with van der Waals surface area (Å²) in [6.07, 6.45) is 1.86. The summed E-state index contributed by atoms with van der Waals surface area (Å²) in [4.78, 5) is 12.0. The van der Waals surface area contributed by atoms with E-state index in [0.717, 1.165) is 31.5 Å². The normalized spacial score (nSPS) is 26.4. The number of carbonyl (C=O) groups is 1. The van der Waals surface area contributed by atoms with Crippen molar-refractivity contribution in [3.8, 4) is 0 Å². The van der Waals surface area contributed by atoms with Crippen molar-refractivity contribution in [3.05, 3.63) is 35.4 Å². The van der Waals surface area contributed by atoms with Crippen molar-refractivity contribution >= 4 is 17.5 Å². The average molecular weight is 251 g/mol. The maximum absolute atomic E-state index is 12.0. The van der Waals surface area contributed by atoms with Gasteiger partial charge < -0.3 is 10.6 Å². The molecule has 1 aromatic rings. The summed E-state index contributed by atoms with van der Waals surface area (Å²) in [5.41, 5.74) is 1.96. The minimum absolute atomic E-state index is 0.0627. The fourth-order valence-electron chi connectivity index (χ4n) is 2.91. The number of hydrogen-bond acceptors (Lipinski definition) is 2. The van der Waals surface area contributed by atoms with Crippen LogP contribution in [0.25, 0.3) is 0 Å². The van der Waals surface area contributed by atoms with E-state index in [1.165, 1.54) is 5.56 Å². The molecule has 4 heteroatoms. The molecule has 1 amide bonds. The molecule has 0 aromatic heterocycles. The van der Waals surface area contributed by atoms with Crippen LogP contribution in [0, 0.1) is 0 Å². The average Bonchev–Trinajstić information content (AvgIpc) is 2.38. The SMILES string of the molecule is O=C1NC2(CCNCC2)c2ccccc2C1Cl. The van der Waals surface area contributed by atoms with Crippen LogP contribution in [0.5, 0.6) is 0 Å². The molecule has 0 aliphatic carbocycles. The molecule has 1 atom stereocenters. The van der Waals surface area contributed by atoms with Crippen LogP contribution >= 0.6 is 11.6 Å². The van der Waals surface area contributed by atoms with Crippen molar-refractivity contribution in [3.63, 3.8) is 0 Å². The van der Waals surface area contributed by atoms with Gasteiger partial charge in [-0.25, -0.2) is 0 Å². The summed E-state index contributed by atoms with van der Waals surface area (Å²) >= 11 is 6.17. The lowest BCUT2D eigenvalue weighted by Crippen LogP contribution is -2.55. The Kier molecular flexibility index (Phi) is 2.60. The van der Waals surface area contributed by atoms with Crippen molar-refractivity contribution in [1.82, 2.24) is 10.6 Å². The second-order valence-corrected chi connectivity index (χ2v) is 5.21. The zero-order valence-electron chi connectivity index (χ0n) is 9.50. The van der Waals surface area contributed by atoms with Gasteiger partial charge in [-0.1, -0.05) is 24.3 Å². The van der Waals surface area contributed by atoms with Gasteiger partial charge in [-0.2, -0.15) is 0 Å². The second-order valence-electron chi connectivity index (χ2n) is 4.77. The molecule has 1 unspecified atom stereocenters. The molecular weight excluding hydrogens is 236 g/mol. The predicted octanol–water partition coefficient (Wildman–Crippen LogP) is 1.67. The van der Waals surface area contributed by atoms with Gasteiger partial charge in [-0.15, -0.1) is 11.6 Å². The van der Waals surface area contributed by atoms with Gasteiger partial charge in [0.15, 0.2) is 0 Å². The number of amides is 1. The molecule has 0 saturated carbocycles. The first kappa shape index (κ1) is 11.1. The summed E-state index contributed by atoms with van der Waals surface area (Å²) in [5.74, 6) is -0.0627. The third-order valence-electron chi connectivity index (χ3n) is 3.80. The molecule has 1 saturated heterocycles. The zero-order valence-corrected chi connectivity index (χ0v) is 10.3. The minimum Gasteiger partial charge on any atom is -0.345 e. The molecule has 3 nitrogen and oxygen atoms in total. The number of fused-ring (bicyclic) bond motifs is 2. The lowest BCUT2D eigenvalue weighted by atomic mass is 9.76. The number of nitrogens with one attached hydrogen (secondary N) is 2. The van der Waals surface area contributed by atoms with E-state index in [1.807, 2.05) is 18.2 Å². The lowest BCUT2D eigenvalue weighted by molar-refractivity contribution is -0.124. The van der Waals surface area contributed by atoms with Gasteiger partial charge >= 0.3 is 0 Å². The topological polar surface area (TPSA) is 41.1 Å². The van der Waals surface area contributed by atoms with Crippen LogP contribution in [-0.4, -0.2) is 19.0 Å². The highest BCUT2D eigenvalue weighted by atomic mass is 35.5. The molecule has 1 aromatic carbocycles. The number of benzene rings is 1. The van der Waals surface area contributed by atoms with Crippen LogP contribution in [-0.2, 0) is 10.3 Å². The highest BCUT2D eigenvalue weighted by molar-refractivity contribution is 6.31. The first-order valence-corrected chi connectivity index (χ1v) is 6.43. The van der Waals surface area contributed by atoms with Gasteiger partial charge in [0, 0.05) is 0 Å². The number of alkyl halides is 1. The largest absolute Gasteiger partial charge is 0.345 e. The number of halogens is 1. The molecule has 0 radical (unpaired) electrons. The van der Waals surface area contributed by atoms with Crippen LogP contribution in [0.3, 0.4) is 0 Å². The van der Waals surface area contributed by atoms with E-state index in [1.54, 1.807) is 0 Å². The molecule has 17 heavy (non-hydrogen) atoms. The van der Waals surface area contributed by atoms with E-state index in [2.05, 4.69) is 16.7 Å². The highest BCUT2D eigenvalue weighted by Crippen LogP contribution is 2.41. The van der Waals surface area contributed by atoms with Crippen molar-refractivity contribution in [2.45, 2.75) is 23.8 Å². The van der Waals surface area contributed by atoms with Gasteiger partial charge in [-0.05, 0) is 37.1 Å². The van der Waals surface area contributed by atoms with E-state index in [0.29, 0.717) is 0 Å². The van der Waals surface area contributed by atoms with E-state index in [-0.39, 0.29) is 11.4 Å². The summed E-state index contributed by atoms with van der Waals surface area (Å²) in [6, 6.07) is 8.02. The van der Waals surface area contributed by atoms with E-state index in [4.69, 9.17) is 11.6 Å². The van der Waals surface area contributed by atoms with Gasteiger partial charge in [0.05, 0.1) is 5.54 Å². The third-order valence-corrected chi connectivity index (χ3v) is 4.23. The van der Waals surface area contributed by atoms with Gasteiger partial charge in [0.2, 0.25) is 5.91 Å². The minimum atomic E-state index is -0.549. The fraction of sp³-hybridized carbons (Fsp3) is 0.462. The zero-order chi connectivity index (χ0) is 11.9. The first-order valence-electron chi connectivity index (χ1n) is 5.99. The summed E-state index contributed by atoms with van der Waals surface area (Å²) < 4.78 is 0. The highest BCUT2D eigenvalue weighted by Gasteiger charge is 2.43. The fourth-order valence-corrected chi connectivity index (χ4v) is 3.15. The number of hydrogen-bond donors (Lipinski definition) is 2. The molecular formula is C13H15ClN2O. The Morgan fingerprint density at radius 2 is 1.94 bits per heavy atom. The van der Waals surface area contributed by atoms with Gasteiger partial charge in [-0.3, -0.25) is 4.79 Å². The Morgan fingerprint density at radius 1 is 1.24 bits per heavy atom. The molecule has 2 heterocycles. The maximum atomic E-state index is 12.0. The molecule has 2 aliphatic heterocycles. The molecule has 90 valence electrons. The molecule has 2 N–H and O–H groups in total. The number of piperidine rings is 1. The molecule has 0 bridgehead atoms. The lowest BCUT2D eigenvalue weighted by Gasteiger charge is -2.44. The predicted molar refractivity (Wildman–Crippen MR) is 67.0 cm³/mol. The van der Waals surface area contributed by atoms with Crippen molar-refractivity contribution in [2.24, 2.45) is 0 Å². The molecule has 1 fully saturated rings. The second kappa shape index (κ2) is 4.00. The van der Waals surface area contributed by atoms with E-state index >= 15 is 0 Å². The smallest absolute Gasteiger partial charge is 0.243 e. The first-order chi connectivity index (χ1) is 8.23. The van der Waals surface area contributed by atoms with Crippen LogP contribution in [0.1, 0.15) is 29.3 Å². The Balaban J connectivity index is 2.12. The summed E-state index contributed by atoms with van der Waals surface area (Å²) in [5, 5.41) is 5.91. The molecule has 1 spiro atoms. The number of rotatable bonds is 0. The van der Waals surface area contributed by atoms with Crippen LogP contribution in [0.2, 0.25) is 0 Å². The third kappa shape index (κ3) is 1.65. The number of carbonyl (C=O) groups excluding carboxylic acids is 1. The standard InChI is InChI=1S/C13H15ClN2O/c14-11-9-3-1-2-4-10(9)13(16-12(11)17)5-7-15-8-6-13/h1-4,11,15H,5-8H2,(H,16,17). The van der Waals surface area contributed by atoms with Crippen molar-refractivity contribution in [1.29, 1.82) is 0 Å². The Labute approximate surface area is 106 Å². The van der Waals surface area contributed by atoms with Gasteiger partial charge in [0.1, 0.15) is 5.38 Å². The molecule has 3 rings (SSSR count). The monoisotopic (exact) mass is 250 g/mol. The van der Waals surface area contributed by atoms with E-state index < -0.39 is 5.38 Å². The molecule has 2 aliphatic rings. The van der Waals surface area contributed by atoms with Crippen LogP contribution in [0.15, 0.2) is 24.3 Å². The quantitative estimate of drug-likeness (QED) is 0.688. The van der Waals surface area contributed by atoms with Crippen molar-refractivity contribution in [2.75, 3.05) is 13.1 Å². The Hall–Kier alpha value is -1.06. The van der Waals surface area contributed by atoms with Crippen LogP contribution in [0.4, 0.5) is 0 Å². The summed E-state index contributed by atoms with van der Waals surface area (Å²) in [6.45, 7) is 1.86. The van der Waals surface area contributed by atoms with Gasteiger partial charge in [0.25, 0.3) is 0 Å². The maximum Gasteiger partial charge on any atom is 0.243 e. The van der Waals surface area contributed by atoms with Crippen molar-refractivity contribution < 1.29 is 4.79 Å². The summed E-state index contributed by atoms with van der Waals surface area (Å²) in [7, 11) is 0. The van der Waals surface area contributed by atoms with E-state index in [9.17, 15) is 4.79 Å². The Morgan fingerprint density at radius 3 is 2.71 bits per heavy atom. The van der Waals surface area contributed by atoms with Crippen LogP contribution < -0.4 is 10.6 Å². The Bertz CT molecular complexity index is 454.